The van der Waals surface area contributed by atoms with Crippen molar-refractivity contribution in [3.05, 3.63) is 70.3 Å². The van der Waals surface area contributed by atoms with Crippen LogP contribution < -0.4 is 9.64 Å². The van der Waals surface area contributed by atoms with Crippen LogP contribution in [0.25, 0.3) is 20.7 Å². The fraction of sp³-hybridized carbons (Fsp3) is 0.395. The van der Waals surface area contributed by atoms with Gasteiger partial charge in [-0.3, -0.25) is 28.8 Å². The third-order valence-corrected chi connectivity index (χ3v) is 13.1. The van der Waals surface area contributed by atoms with Crippen LogP contribution in [0, 0.1) is 36.0 Å². The van der Waals surface area contributed by atoms with Crippen molar-refractivity contribution in [3.8, 4) is 22.1 Å². The molecular weight excluding hydrogens is 676 g/mol. The molecule has 8 rings (SSSR count). The summed E-state index contributed by atoms with van der Waals surface area (Å²) in [6.07, 6.45) is 3.32. The first kappa shape index (κ1) is 32.7. The molecule has 3 fully saturated rings. The number of phenols is 1. The molecule has 0 radical (unpaired) electrons. The number of likely N-dealkylation sites (tertiary alicyclic amines) is 1. The predicted molar refractivity (Wildman–Crippen MR) is 190 cm³/mol. The number of ether oxygens (including phenoxy) is 1. The van der Waals surface area contributed by atoms with E-state index in [2.05, 4.69) is 0 Å². The van der Waals surface area contributed by atoms with Gasteiger partial charge >= 0.3 is 0 Å². The van der Waals surface area contributed by atoms with Crippen LogP contribution in [0.3, 0.4) is 0 Å². The number of carbonyl (C=O) groups is 4. The second-order valence-electron chi connectivity index (χ2n) is 14.1. The number of methoxy groups -OCH3 is 1. The van der Waals surface area contributed by atoms with Gasteiger partial charge in [0.05, 0.1) is 35.2 Å². The number of anilines is 1. The number of thiophene rings is 1. The number of phenolic OH excluding ortho intramolecular Hbond substituents is 1. The summed E-state index contributed by atoms with van der Waals surface area (Å²) >= 11 is 7.87. The van der Waals surface area contributed by atoms with Gasteiger partial charge < -0.3 is 9.84 Å². The lowest BCUT2D eigenvalue weighted by molar-refractivity contribution is -0.140. The molecule has 4 aromatic rings. The molecule has 0 unspecified atom stereocenters. The third kappa shape index (κ3) is 4.41. The Balaban J connectivity index is 1.25. The Hall–Kier alpha value is -4.48. The second-order valence-corrected chi connectivity index (χ2v) is 15.6. The van der Waals surface area contributed by atoms with E-state index in [4.69, 9.17) is 21.4 Å². The summed E-state index contributed by atoms with van der Waals surface area (Å²) < 4.78 is 8.11. The smallest absolute Gasteiger partial charge is 0.242 e. The number of fused-ring (bicyclic) bond motifs is 5. The van der Waals surface area contributed by atoms with Gasteiger partial charge in [0.2, 0.25) is 23.6 Å². The number of allylic oxidation sites excluding steroid dienone is 2. The maximum absolute atomic E-state index is 15.0. The number of hydrogen-bond donors (Lipinski definition) is 1. The van der Waals surface area contributed by atoms with Crippen LogP contribution in [0.4, 0.5) is 5.82 Å². The number of imide groups is 2. The van der Waals surface area contributed by atoms with Crippen molar-refractivity contribution in [2.24, 2.45) is 36.1 Å². The third-order valence-electron chi connectivity index (χ3n) is 11.6. The maximum atomic E-state index is 15.0. The minimum absolute atomic E-state index is 0.0496. The number of carbonyl (C=O) groups excluding carboxylic acids is 4. The van der Waals surface area contributed by atoms with E-state index in [1.165, 1.54) is 23.0 Å². The first-order valence-corrected chi connectivity index (χ1v) is 18.1. The minimum Gasteiger partial charge on any atom is -0.504 e. The lowest BCUT2D eigenvalue weighted by Gasteiger charge is -2.49. The van der Waals surface area contributed by atoms with E-state index in [0.717, 1.165) is 26.1 Å². The molecule has 6 atom stereocenters. The number of halogens is 1. The van der Waals surface area contributed by atoms with Crippen molar-refractivity contribution in [2.45, 2.75) is 46.0 Å². The zero-order valence-electron chi connectivity index (χ0n) is 28.4. The summed E-state index contributed by atoms with van der Waals surface area (Å²) in [4.78, 5) is 60.7. The summed E-state index contributed by atoms with van der Waals surface area (Å²) in [5, 5.41) is 17.0. The fourth-order valence-electron chi connectivity index (χ4n) is 9.21. The normalized spacial score (nSPS) is 27.6. The molecule has 4 heterocycles. The summed E-state index contributed by atoms with van der Waals surface area (Å²) in [6.45, 7) is 6.14. The molecule has 0 bridgehead atoms. The topological polar surface area (TPSA) is 122 Å². The van der Waals surface area contributed by atoms with E-state index < -0.39 is 35.0 Å². The van der Waals surface area contributed by atoms with E-state index in [-0.39, 0.29) is 41.5 Å². The number of rotatable bonds is 6. The average Bonchev–Trinajstić information content (AvgIpc) is 3.76. The van der Waals surface area contributed by atoms with Crippen LogP contribution in [0.1, 0.15) is 50.2 Å². The van der Waals surface area contributed by atoms with Gasteiger partial charge in [-0.25, -0.2) is 4.90 Å². The summed E-state index contributed by atoms with van der Waals surface area (Å²) in [5.41, 5.74) is 1.99. The largest absolute Gasteiger partial charge is 0.504 e. The molecule has 50 heavy (non-hydrogen) atoms. The Bertz CT molecular complexity index is 2190. The van der Waals surface area contributed by atoms with Gasteiger partial charge in [0.25, 0.3) is 0 Å². The monoisotopic (exact) mass is 712 g/mol. The summed E-state index contributed by atoms with van der Waals surface area (Å²) in [6, 6.07) is 12.5. The standard InChI is InChI=1S/C38H37ClN4O6S/c1-6-13-42-34(45)22-10-9-21-24(31(22)36(42)47)16-25-35(46)43(37(48)38(25,3)32(21)19-7-11-27(44)28(14-19)49-5)30-17-26(40-41(30)4)33-18(2)23-15-20(39)8-12-29(23)50-33/h7-9,11-12,14-15,17,22,24-25,31-32,44H,6,10,13,16H2,1-5H3/t22-,24+,25-,31-,32-,38+/m0/s1. The highest BCUT2D eigenvalue weighted by Crippen LogP contribution is 2.64. The van der Waals surface area contributed by atoms with Crippen LogP contribution in [0.5, 0.6) is 11.5 Å². The van der Waals surface area contributed by atoms with Crippen molar-refractivity contribution < 1.29 is 29.0 Å². The van der Waals surface area contributed by atoms with Crippen molar-refractivity contribution in [3.63, 3.8) is 0 Å². The van der Waals surface area contributed by atoms with Crippen LogP contribution in [0.2, 0.25) is 5.02 Å². The first-order chi connectivity index (χ1) is 23.9. The van der Waals surface area contributed by atoms with Gasteiger partial charge in [0, 0.05) is 35.3 Å². The molecule has 0 spiro atoms. The molecule has 2 saturated heterocycles. The van der Waals surface area contributed by atoms with Crippen molar-refractivity contribution >= 4 is 62.5 Å². The van der Waals surface area contributed by atoms with E-state index in [1.807, 2.05) is 45.0 Å². The van der Waals surface area contributed by atoms with Gasteiger partial charge in [-0.05, 0) is 85.9 Å². The molecule has 2 aliphatic heterocycles. The number of aromatic hydroxyl groups is 1. The number of aryl methyl sites for hydroxylation is 2. The van der Waals surface area contributed by atoms with E-state index in [9.17, 15) is 24.3 Å². The Morgan fingerprint density at radius 3 is 2.58 bits per heavy atom. The number of nitrogens with zero attached hydrogens (tertiary/aromatic N) is 4. The highest BCUT2D eigenvalue weighted by Gasteiger charge is 2.68. The highest BCUT2D eigenvalue weighted by atomic mass is 35.5. The Kier molecular flexibility index (Phi) is 7.54. The quantitative estimate of drug-likeness (QED) is 0.176. The van der Waals surface area contributed by atoms with Crippen molar-refractivity contribution in [1.29, 1.82) is 0 Å². The highest BCUT2D eigenvalue weighted by molar-refractivity contribution is 7.22. The molecule has 10 nitrogen and oxygen atoms in total. The van der Waals surface area contributed by atoms with Crippen LogP contribution in [-0.2, 0) is 26.2 Å². The number of amides is 4. The molecule has 2 aliphatic carbocycles. The molecule has 1 N–H and O–H groups in total. The lowest BCUT2D eigenvalue weighted by atomic mass is 9.51. The SMILES string of the molecule is CCCN1C(=O)[C@H]2[C@H](CC=C3[C@H]2C[C@H]2C(=O)N(c4cc(-c5sc6ccc(Cl)cc6c5C)nn4C)C(=O)[C@@]2(C)[C@H]3c2ccc(O)c(OC)c2)C1=O. The summed E-state index contributed by atoms with van der Waals surface area (Å²) in [7, 11) is 3.19. The zero-order chi connectivity index (χ0) is 35.4. The van der Waals surface area contributed by atoms with Gasteiger partial charge in [0.1, 0.15) is 11.5 Å². The second kappa shape index (κ2) is 11.5. The van der Waals surface area contributed by atoms with Gasteiger partial charge in [-0.1, -0.05) is 36.2 Å². The predicted octanol–water partition coefficient (Wildman–Crippen LogP) is 6.62. The van der Waals surface area contributed by atoms with Gasteiger partial charge in [-0.2, -0.15) is 5.10 Å². The number of hydrogen-bond acceptors (Lipinski definition) is 8. The number of aromatic nitrogens is 2. The fourth-order valence-corrected chi connectivity index (χ4v) is 10.5. The lowest BCUT2D eigenvalue weighted by Crippen LogP contribution is -2.48. The Morgan fingerprint density at radius 2 is 1.84 bits per heavy atom. The van der Waals surface area contributed by atoms with E-state index in [0.29, 0.717) is 41.5 Å². The zero-order valence-corrected chi connectivity index (χ0v) is 30.0. The first-order valence-electron chi connectivity index (χ1n) is 16.9. The molecule has 2 aromatic heterocycles. The van der Waals surface area contributed by atoms with Crippen molar-refractivity contribution in [1.82, 2.24) is 14.7 Å². The van der Waals surface area contributed by atoms with Gasteiger partial charge in [0.15, 0.2) is 11.5 Å². The summed E-state index contributed by atoms with van der Waals surface area (Å²) in [5.74, 6) is -3.44. The maximum Gasteiger partial charge on any atom is 0.242 e. The minimum atomic E-state index is -1.24. The van der Waals surface area contributed by atoms with Crippen LogP contribution >= 0.6 is 22.9 Å². The van der Waals surface area contributed by atoms with E-state index in [1.54, 1.807) is 41.3 Å². The number of benzene rings is 2. The molecule has 258 valence electrons. The Labute approximate surface area is 298 Å². The van der Waals surface area contributed by atoms with Crippen LogP contribution in [0.15, 0.2) is 54.1 Å². The van der Waals surface area contributed by atoms with E-state index >= 15 is 0 Å². The Morgan fingerprint density at radius 1 is 1.06 bits per heavy atom. The molecule has 12 heteroatoms. The average molecular weight is 713 g/mol. The van der Waals surface area contributed by atoms with Gasteiger partial charge in [-0.15, -0.1) is 11.3 Å². The molecule has 4 amide bonds. The molecule has 4 aliphatic rings. The molecule has 1 saturated carbocycles. The van der Waals surface area contributed by atoms with Crippen LogP contribution in [-0.4, -0.2) is 57.1 Å². The molecular formula is C38H37ClN4O6S. The molecule has 2 aromatic carbocycles. The van der Waals surface area contributed by atoms with Crippen molar-refractivity contribution in [2.75, 3.05) is 18.6 Å².